The molecule has 0 saturated carbocycles. The molecule has 0 amide bonds. The van der Waals surface area contributed by atoms with Gasteiger partial charge in [-0.05, 0) is 17.5 Å². The van der Waals surface area contributed by atoms with Crippen molar-refractivity contribution in [3.8, 4) is 22.8 Å². The first-order valence-electron chi connectivity index (χ1n) is 5.91. The summed E-state index contributed by atoms with van der Waals surface area (Å²) in [6.07, 6.45) is 0. The molecule has 0 fully saturated rings. The SMILES string of the molecule is COc1cc2[nH]c3ccccc3cc-2c(=O)c1OC. The summed E-state index contributed by atoms with van der Waals surface area (Å²) in [6, 6.07) is 11.5. The van der Waals surface area contributed by atoms with Gasteiger partial charge in [0.2, 0.25) is 11.2 Å². The third-order valence-electron chi connectivity index (χ3n) is 3.19. The van der Waals surface area contributed by atoms with Crippen LogP contribution in [0, 0.1) is 0 Å². The topological polar surface area (TPSA) is 51.3 Å². The fraction of sp³-hybridized carbons (Fsp3) is 0.133. The fourth-order valence-electron chi connectivity index (χ4n) is 2.26. The van der Waals surface area contributed by atoms with E-state index in [2.05, 4.69) is 4.98 Å². The van der Waals surface area contributed by atoms with Gasteiger partial charge in [0, 0.05) is 11.6 Å². The zero-order valence-electron chi connectivity index (χ0n) is 10.7. The van der Waals surface area contributed by atoms with Crippen LogP contribution in [0.1, 0.15) is 0 Å². The Morgan fingerprint density at radius 1 is 1.05 bits per heavy atom. The number of benzene rings is 2. The normalized spacial score (nSPS) is 10.8. The van der Waals surface area contributed by atoms with Gasteiger partial charge in [-0.2, -0.15) is 0 Å². The average molecular weight is 255 g/mol. The molecule has 1 aromatic rings. The Morgan fingerprint density at radius 3 is 2.58 bits per heavy atom. The van der Waals surface area contributed by atoms with Gasteiger partial charge in [0.25, 0.3) is 0 Å². The number of fused-ring (bicyclic) bond motifs is 2. The number of rotatable bonds is 2. The lowest BCUT2D eigenvalue weighted by Gasteiger charge is -2.13. The molecule has 1 aliphatic carbocycles. The third kappa shape index (κ3) is 1.73. The second-order valence-corrected chi connectivity index (χ2v) is 4.26. The Kier molecular flexibility index (Phi) is 2.63. The highest BCUT2D eigenvalue weighted by Gasteiger charge is 2.17. The van der Waals surface area contributed by atoms with Crippen LogP contribution in [0.2, 0.25) is 0 Å². The zero-order valence-corrected chi connectivity index (χ0v) is 10.7. The van der Waals surface area contributed by atoms with Gasteiger partial charge in [-0.25, -0.2) is 0 Å². The fourth-order valence-corrected chi connectivity index (χ4v) is 2.26. The molecule has 0 spiro atoms. The molecule has 4 heteroatoms. The highest BCUT2D eigenvalue weighted by atomic mass is 16.5. The summed E-state index contributed by atoms with van der Waals surface area (Å²) >= 11 is 0. The molecule has 19 heavy (non-hydrogen) atoms. The van der Waals surface area contributed by atoms with Gasteiger partial charge in [0.15, 0.2) is 5.75 Å². The summed E-state index contributed by atoms with van der Waals surface area (Å²) in [5, 5.41) is 0.985. The van der Waals surface area contributed by atoms with Gasteiger partial charge in [-0.3, -0.25) is 4.79 Å². The minimum Gasteiger partial charge on any atom is -0.493 e. The molecule has 4 nitrogen and oxygen atoms in total. The van der Waals surface area contributed by atoms with Crippen molar-refractivity contribution in [2.45, 2.75) is 0 Å². The highest BCUT2D eigenvalue weighted by molar-refractivity contribution is 5.86. The maximum Gasteiger partial charge on any atom is 0.233 e. The monoisotopic (exact) mass is 255 g/mol. The maximum atomic E-state index is 12.4. The molecule has 96 valence electrons. The molecule has 1 aliphatic heterocycles. The summed E-state index contributed by atoms with van der Waals surface area (Å²) in [5.74, 6) is 0.671. The van der Waals surface area contributed by atoms with Crippen LogP contribution >= 0.6 is 0 Å². The van der Waals surface area contributed by atoms with Crippen LogP contribution in [0.4, 0.5) is 0 Å². The van der Waals surface area contributed by atoms with Crippen LogP contribution in [0.25, 0.3) is 22.2 Å². The number of pyridine rings is 1. The molecule has 2 aliphatic rings. The summed E-state index contributed by atoms with van der Waals surface area (Å²) in [4.78, 5) is 15.6. The van der Waals surface area contributed by atoms with Gasteiger partial charge >= 0.3 is 0 Å². The van der Waals surface area contributed by atoms with Crippen LogP contribution < -0.4 is 14.9 Å². The quantitative estimate of drug-likeness (QED) is 0.716. The van der Waals surface area contributed by atoms with Crippen molar-refractivity contribution in [3.05, 3.63) is 46.6 Å². The minimum absolute atomic E-state index is 0.168. The standard InChI is InChI=1S/C15H13NO3/c1-18-13-8-12-10(14(17)15(13)19-2)7-9-5-3-4-6-11(9)16-12/h3-8,16H,1-2H3. The number of hydrogen-bond donors (Lipinski definition) is 1. The van der Waals surface area contributed by atoms with E-state index >= 15 is 0 Å². The first-order chi connectivity index (χ1) is 9.24. The molecule has 1 aromatic carbocycles. The summed E-state index contributed by atoms with van der Waals surface area (Å²) in [5.41, 5.74) is 2.14. The number of aromatic amines is 1. The highest BCUT2D eigenvalue weighted by Crippen LogP contribution is 2.31. The van der Waals surface area contributed by atoms with Crippen molar-refractivity contribution in [1.29, 1.82) is 0 Å². The van der Waals surface area contributed by atoms with E-state index in [4.69, 9.17) is 9.47 Å². The van der Waals surface area contributed by atoms with E-state index in [1.165, 1.54) is 14.2 Å². The summed E-state index contributed by atoms with van der Waals surface area (Å²) in [6.45, 7) is 0. The number of para-hydroxylation sites is 1. The smallest absolute Gasteiger partial charge is 0.233 e. The van der Waals surface area contributed by atoms with E-state index < -0.39 is 0 Å². The van der Waals surface area contributed by atoms with E-state index in [9.17, 15) is 4.79 Å². The molecule has 0 unspecified atom stereocenters. The number of aromatic nitrogens is 1. The lowest BCUT2D eigenvalue weighted by Crippen LogP contribution is -2.11. The molecular formula is C15H13NO3. The molecule has 3 rings (SSSR count). The van der Waals surface area contributed by atoms with Crippen molar-refractivity contribution >= 4 is 10.9 Å². The Hall–Kier alpha value is -2.49. The molecule has 0 radical (unpaired) electrons. The van der Waals surface area contributed by atoms with E-state index in [1.807, 2.05) is 30.3 Å². The third-order valence-corrected chi connectivity index (χ3v) is 3.19. The summed E-state index contributed by atoms with van der Waals surface area (Å²) < 4.78 is 10.3. The number of nitrogens with one attached hydrogen (secondary N) is 1. The lowest BCUT2D eigenvalue weighted by molar-refractivity contribution is 0.352. The Balaban J connectivity index is 2.45. The van der Waals surface area contributed by atoms with Crippen molar-refractivity contribution < 1.29 is 9.47 Å². The predicted molar refractivity (Wildman–Crippen MR) is 74.3 cm³/mol. The lowest BCUT2D eigenvalue weighted by atomic mass is 10.0. The minimum atomic E-state index is -0.168. The summed E-state index contributed by atoms with van der Waals surface area (Å²) in [7, 11) is 2.99. The van der Waals surface area contributed by atoms with Crippen molar-refractivity contribution in [2.75, 3.05) is 14.2 Å². The molecule has 0 saturated heterocycles. The van der Waals surface area contributed by atoms with Crippen LogP contribution in [0.5, 0.6) is 11.5 Å². The Bertz CT molecular complexity index is 776. The van der Waals surface area contributed by atoms with E-state index in [1.54, 1.807) is 6.07 Å². The van der Waals surface area contributed by atoms with Crippen LogP contribution in [-0.2, 0) is 0 Å². The maximum absolute atomic E-state index is 12.4. The molecule has 0 bridgehead atoms. The van der Waals surface area contributed by atoms with Crippen molar-refractivity contribution in [2.24, 2.45) is 0 Å². The van der Waals surface area contributed by atoms with Crippen molar-refractivity contribution in [1.82, 2.24) is 4.98 Å². The second-order valence-electron chi connectivity index (χ2n) is 4.26. The predicted octanol–water partition coefficient (Wildman–Crippen LogP) is 2.65. The van der Waals surface area contributed by atoms with Gasteiger partial charge in [-0.1, -0.05) is 18.2 Å². The van der Waals surface area contributed by atoms with Gasteiger partial charge in [0.05, 0.1) is 25.5 Å². The van der Waals surface area contributed by atoms with Gasteiger partial charge < -0.3 is 14.5 Å². The largest absolute Gasteiger partial charge is 0.493 e. The zero-order chi connectivity index (χ0) is 13.4. The molecular weight excluding hydrogens is 242 g/mol. The first-order valence-corrected chi connectivity index (χ1v) is 5.91. The average Bonchev–Trinajstić information content (AvgIpc) is 2.45. The number of H-pyrrole nitrogens is 1. The van der Waals surface area contributed by atoms with Crippen molar-refractivity contribution in [3.63, 3.8) is 0 Å². The number of methoxy groups -OCH3 is 2. The molecule has 1 N–H and O–H groups in total. The van der Waals surface area contributed by atoms with E-state index in [-0.39, 0.29) is 11.2 Å². The molecule has 0 aromatic heterocycles. The number of hydrogen-bond acceptors (Lipinski definition) is 3. The van der Waals surface area contributed by atoms with Gasteiger partial charge in [-0.15, -0.1) is 0 Å². The van der Waals surface area contributed by atoms with Crippen LogP contribution in [0.15, 0.2) is 41.2 Å². The second kappa shape index (κ2) is 4.31. The van der Waals surface area contributed by atoms with E-state index in [0.29, 0.717) is 11.3 Å². The Labute approximate surface area is 109 Å². The van der Waals surface area contributed by atoms with Crippen LogP contribution in [-0.4, -0.2) is 19.2 Å². The number of ether oxygens (including phenoxy) is 2. The van der Waals surface area contributed by atoms with Crippen LogP contribution in [0.3, 0.4) is 0 Å². The Morgan fingerprint density at radius 2 is 1.84 bits per heavy atom. The van der Waals surface area contributed by atoms with Gasteiger partial charge in [0.1, 0.15) is 0 Å². The molecule has 1 heterocycles. The van der Waals surface area contributed by atoms with E-state index in [0.717, 1.165) is 16.6 Å². The molecule has 0 atom stereocenters. The first kappa shape index (κ1) is 11.6.